The van der Waals surface area contributed by atoms with Crippen molar-refractivity contribution < 1.29 is 0 Å². The molecule has 0 radical (unpaired) electrons. The van der Waals surface area contributed by atoms with Crippen LogP contribution in [-0.4, -0.2) is 34.1 Å². The van der Waals surface area contributed by atoms with E-state index in [0.717, 1.165) is 25.2 Å². The summed E-state index contributed by atoms with van der Waals surface area (Å²) in [6.07, 6.45) is 3.78. The molecule has 1 aromatic heterocycles. The highest BCUT2D eigenvalue weighted by atomic mass is 35.5. The summed E-state index contributed by atoms with van der Waals surface area (Å²) in [6, 6.07) is 7.27. The van der Waals surface area contributed by atoms with Gasteiger partial charge in [0.15, 0.2) is 0 Å². The summed E-state index contributed by atoms with van der Waals surface area (Å²) in [6.45, 7) is 3.69. The van der Waals surface area contributed by atoms with Gasteiger partial charge in [-0.2, -0.15) is 0 Å². The summed E-state index contributed by atoms with van der Waals surface area (Å²) in [4.78, 5) is 28.6. The standard InChI is InChI=1S/C15H19N3O2.ClH/c19-14-12-6-2-3-7-13(12)18(15(20)16-14)11-10-17-8-4-1-5-9-17;/h2-3,6-7H,1,4-5,8-11H2,(H,16,19,20);1H. The number of piperidine rings is 1. The van der Waals surface area contributed by atoms with E-state index in [1.54, 1.807) is 10.6 Å². The van der Waals surface area contributed by atoms with Gasteiger partial charge >= 0.3 is 5.69 Å². The SMILES string of the molecule is Cl.O=c1[nH]c(=O)n(CCN2CCCCC2)c2ccccc12. The first-order valence-electron chi connectivity index (χ1n) is 7.20. The second-order valence-corrected chi connectivity index (χ2v) is 5.33. The van der Waals surface area contributed by atoms with Gasteiger partial charge in [0.05, 0.1) is 10.9 Å². The van der Waals surface area contributed by atoms with E-state index in [4.69, 9.17) is 0 Å². The molecule has 0 atom stereocenters. The molecular weight excluding hydrogens is 290 g/mol. The second kappa shape index (κ2) is 6.91. The van der Waals surface area contributed by atoms with E-state index in [0.29, 0.717) is 11.9 Å². The molecule has 6 heteroatoms. The van der Waals surface area contributed by atoms with Crippen molar-refractivity contribution in [3.8, 4) is 0 Å². The number of nitrogens with zero attached hydrogens (tertiary/aromatic N) is 2. The van der Waals surface area contributed by atoms with E-state index in [1.807, 2.05) is 18.2 Å². The number of nitrogens with one attached hydrogen (secondary N) is 1. The molecule has 114 valence electrons. The largest absolute Gasteiger partial charge is 0.328 e. The fourth-order valence-corrected chi connectivity index (χ4v) is 2.89. The van der Waals surface area contributed by atoms with Crippen molar-refractivity contribution in [1.29, 1.82) is 0 Å². The first kappa shape index (κ1) is 15.8. The zero-order valence-electron chi connectivity index (χ0n) is 11.9. The summed E-state index contributed by atoms with van der Waals surface area (Å²) < 4.78 is 1.67. The van der Waals surface area contributed by atoms with E-state index in [1.165, 1.54) is 19.3 Å². The fraction of sp³-hybridized carbons (Fsp3) is 0.467. The van der Waals surface area contributed by atoms with Crippen molar-refractivity contribution in [2.24, 2.45) is 0 Å². The van der Waals surface area contributed by atoms with Crippen LogP contribution in [0.1, 0.15) is 19.3 Å². The molecule has 1 aliphatic rings. The van der Waals surface area contributed by atoms with Crippen LogP contribution < -0.4 is 11.2 Å². The van der Waals surface area contributed by atoms with Crippen LogP contribution in [0.15, 0.2) is 33.9 Å². The molecule has 1 aromatic carbocycles. The number of likely N-dealkylation sites (tertiary alicyclic amines) is 1. The minimum absolute atomic E-state index is 0. The molecular formula is C15H20ClN3O2. The van der Waals surface area contributed by atoms with Crippen molar-refractivity contribution >= 4 is 23.3 Å². The summed E-state index contributed by atoms with van der Waals surface area (Å²) in [5, 5.41) is 0.575. The zero-order valence-corrected chi connectivity index (χ0v) is 12.7. The van der Waals surface area contributed by atoms with Gasteiger partial charge in [-0.3, -0.25) is 14.3 Å². The second-order valence-electron chi connectivity index (χ2n) is 5.33. The summed E-state index contributed by atoms with van der Waals surface area (Å²) in [5.41, 5.74) is 0.101. The molecule has 1 aliphatic heterocycles. The number of hydrogen-bond donors (Lipinski definition) is 1. The van der Waals surface area contributed by atoms with Crippen molar-refractivity contribution in [2.45, 2.75) is 25.8 Å². The van der Waals surface area contributed by atoms with Gasteiger partial charge in [0.25, 0.3) is 5.56 Å². The van der Waals surface area contributed by atoms with Gasteiger partial charge in [0.1, 0.15) is 0 Å². The van der Waals surface area contributed by atoms with Crippen molar-refractivity contribution in [1.82, 2.24) is 14.5 Å². The van der Waals surface area contributed by atoms with Gasteiger partial charge in [-0.05, 0) is 38.1 Å². The van der Waals surface area contributed by atoms with E-state index < -0.39 is 0 Å². The number of H-pyrrole nitrogens is 1. The first-order valence-corrected chi connectivity index (χ1v) is 7.20. The van der Waals surface area contributed by atoms with E-state index in [9.17, 15) is 9.59 Å². The van der Waals surface area contributed by atoms with Crippen LogP contribution in [0, 0.1) is 0 Å². The minimum Gasteiger partial charge on any atom is -0.302 e. The molecule has 2 heterocycles. The average Bonchev–Trinajstić information content (AvgIpc) is 2.48. The third-order valence-corrected chi connectivity index (χ3v) is 3.99. The lowest BCUT2D eigenvalue weighted by Crippen LogP contribution is -2.37. The van der Waals surface area contributed by atoms with Crippen LogP contribution >= 0.6 is 12.4 Å². The van der Waals surface area contributed by atoms with Crippen LogP contribution in [0.3, 0.4) is 0 Å². The number of hydrogen-bond acceptors (Lipinski definition) is 3. The molecule has 1 N–H and O–H groups in total. The molecule has 0 bridgehead atoms. The molecule has 0 spiro atoms. The fourth-order valence-electron chi connectivity index (χ4n) is 2.89. The Balaban J connectivity index is 0.00000161. The lowest BCUT2D eigenvalue weighted by Gasteiger charge is -2.26. The van der Waals surface area contributed by atoms with Gasteiger partial charge in [-0.15, -0.1) is 12.4 Å². The monoisotopic (exact) mass is 309 g/mol. The highest BCUT2D eigenvalue weighted by molar-refractivity contribution is 5.85. The molecule has 0 amide bonds. The van der Waals surface area contributed by atoms with Crippen LogP contribution in [0.25, 0.3) is 10.9 Å². The Bertz CT molecular complexity index is 717. The molecule has 0 saturated carbocycles. The van der Waals surface area contributed by atoms with Gasteiger partial charge in [-0.25, -0.2) is 4.79 Å². The van der Waals surface area contributed by atoms with Crippen LogP contribution in [0.2, 0.25) is 0 Å². The lowest BCUT2D eigenvalue weighted by molar-refractivity contribution is 0.220. The van der Waals surface area contributed by atoms with Crippen LogP contribution in [0.4, 0.5) is 0 Å². The molecule has 3 rings (SSSR count). The number of benzene rings is 1. The van der Waals surface area contributed by atoms with Crippen molar-refractivity contribution in [3.05, 3.63) is 45.1 Å². The van der Waals surface area contributed by atoms with Crippen LogP contribution in [-0.2, 0) is 6.54 Å². The number of rotatable bonds is 3. The minimum atomic E-state index is -0.314. The molecule has 21 heavy (non-hydrogen) atoms. The predicted octanol–water partition coefficient (Wildman–Crippen LogP) is 1.60. The number of aromatic nitrogens is 2. The van der Waals surface area contributed by atoms with E-state index >= 15 is 0 Å². The summed E-state index contributed by atoms with van der Waals surface area (Å²) >= 11 is 0. The zero-order chi connectivity index (χ0) is 13.9. The molecule has 0 unspecified atom stereocenters. The van der Waals surface area contributed by atoms with Crippen molar-refractivity contribution in [2.75, 3.05) is 19.6 Å². The molecule has 1 fully saturated rings. The molecule has 0 aliphatic carbocycles. The van der Waals surface area contributed by atoms with Gasteiger partial charge in [-0.1, -0.05) is 18.6 Å². The smallest absolute Gasteiger partial charge is 0.302 e. The van der Waals surface area contributed by atoms with Gasteiger partial charge in [0, 0.05) is 13.1 Å². The topological polar surface area (TPSA) is 58.1 Å². The quantitative estimate of drug-likeness (QED) is 0.937. The maximum Gasteiger partial charge on any atom is 0.328 e. The van der Waals surface area contributed by atoms with Gasteiger partial charge in [0.2, 0.25) is 0 Å². The molecule has 2 aromatic rings. The predicted molar refractivity (Wildman–Crippen MR) is 86.4 cm³/mol. The summed E-state index contributed by atoms with van der Waals surface area (Å²) in [7, 11) is 0. The van der Waals surface area contributed by atoms with Gasteiger partial charge < -0.3 is 4.90 Å². The highest BCUT2D eigenvalue weighted by Gasteiger charge is 2.11. The Morgan fingerprint density at radius 2 is 1.71 bits per heavy atom. The molecule has 5 nitrogen and oxygen atoms in total. The Morgan fingerprint density at radius 3 is 2.48 bits per heavy atom. The first-order chi connectivity index (χ1) is 9.75. The van der Waals surface area contributed by atoms with E-state index in [2.05, 4.69) is 9.88 Å². The number of para-hydroxylation sites is 1. The average molecular weight is 310 g/mol. The number of halogens is 1. The van der Waals surface area contributed by atoms with Crippen molar-refractivity contribution in [3.63, 3.8) is 0 Å². The Labute approximate surface area is 129 Å². The molecule has 1 saturated heterocycles. The Morgan fingerprint density at radius 1 is 1.00 bits per heavy atom. The lowest BCUT2D eigenvalue weighted by atomic mass is 10.1. The summed E-state index contributed by atoms with van der Waals surface area (Å²) in [5.74, 6) is 0. The third kappa shape index (κ3) is 3.36. The Hall–Kier alpha value is -1.59. The maximum atomic E-state index is 12.0. The van der Waals surface area contributed by atoms with E-state index in [-0.39, 0.29) is 23.7 Å². The number of fused-ring (bicyclic) bond motifs is 1. The highest BCUT2D eigenvalue weighted by Crippen LogP contribution is 2.10. The third-order valence-electron chi connectivity index (χ3n) is 3.99. The maximum absolute atomic E-state index is 12.0. The normalized spacial score (nSPS) is 15.8. The number of aromatic amines is 1. The Kier molecular flexibility index (Phi) is 5.20. The van der Waals surface area contributed by atoms with Crippen LogP contribution in [0.5, 0.6) is 0 Å².